The van der Waals surface area contributed by atoms with Crippen molar-refractivity contribution >= 4 is 27.4 Å². The molecule has 0 fully saturated rings. The molecule has 0 radical (unpaired) electrons. The predicted octanol–water partition coefficient (Wildman–Crippen LogP) is 1.38. The molecule has 0 heterocycles. The van der Waals surface area contributed by atoms with E-state index in [1.54, 1.807) is 24.3 Å². The molecule has 0 aliphatic heterocycles. The monoisotopic (exact) mass is 300 g/mol. The SMILES string of the molecule is CCCN(c1cccc(N)c1)S(=O)(=O)C(C)C(=O)OC. The summed E-state index contributed by atoms with van der Waals surface area (Å²) in [6.45, 7) is 3.45. The van der Waals surface area contributed by atoms with Crippen LogP contribution in [0.25, 0.3) is 0 Å². The Labute approximate surface area is 119 Å². The smallest absolute Gasteiger partial charge is 0.325 e. The maximum atomic E-state index is 12.5. The Bertz CT molecular complexity index is 571. The lowest BCUT2D eigenvalue weighted by atomic mass is 10.3. The first-order valence-corrected chi connectivity index (χ1v) is 7.79. The van der Waals surface area contributed by atoms with Crippen molar-refractivity contribution in [3.05, 3.63) is 24.3 Å². The first kappa shape index (κ1) is 16.3. The Balaban J connectivity index is 3.23. The predicted molar refractivity (Wildman–Crippen MR) is 78.9 cm³/mol. The summed E-state index contributed by atoms with van der Waals surface area (Å²) in [5.41, 5.74) is 6.59. The number of ether oxygens (including phenoxy) is 1. The van der Waals surface area contributed by atoms with Gasteiger partial charge in [0.05, 0.1) is 12.8 Å². The number of benzene rings is 1. The molecule has 0 aliphatic rings. The van der Waals surface area contributed by atoms with Crippen LogP contribution < -0.4 is 10.0 Å². The van der Waals surface area contributed by atoms with Crippen LogP contribution in [0.5, 0.6) is 0 Å². The summed E-state index contributed by atoms with van der Waals surface area (Å²) in [6, 6.07) is 6.56. The van der Waals surface area contributed by atoms with Crippen LogP contribution in [0.4, 0.5) is 11.4 Å². The number of methoxy groups -OCH3 is 1. The van der Waals surface area contributed by atoms with E-state index in [9.17, 15) is 13.2 Å². The minimum atomic E-state index is -3.84. The Hall–Kier alpha value is -1.76. The van der Waals surface area contributed by atoms with Gasteiger partial charge in [0.25, 0.3) is 0 Å². The average molecular weight is 300 g/mol. The number of nitrogens with zero attached hydrogens (tertiary/aromatic N) is 1. The van der Waals surface area contributed by atoms with Crippen LogP contribution >= 0.6 is 0 Å². The van der Waals surface area contributed by atoms with E-state index >= 15 is 0 Å². The summed E-state index contributed by atoms with van der Waals surface area (Å²) < 4.78 is 30.8. The lowest BCUT2D eigenvalue weighted by Gasteiger charge is -2.26. The zero-order valence-electron chi connectivity index (χ0n) is 11.9. The van der Waals surface area contributed by atoms with Gasteiger partial charge in [-0.25, -0.2) is 8.42 Å². The van der Waals surface area contributed by atoms with Crippen LogP contribution in [0.2, 0.25) is 0 Å². The van der Waals surface area contributed by atoms with E-state index in [2.05, 4.69) is 4.74 Å². The minimum Gasteiger partial charge on any atom is -0.468 e. The topological polar surface area (TPSA) is 89.7 Å². The lowest BCUT2D eigenvalue weighted by Crippen LogP contribution is -2.42. The van der Waals surface area contributed by atoms with E-state index in [0.717, 1.165) is 0 Å². The number of sulfonamides is 1. The molecule has 0 aromatic heterocycles. The molecule has 112 valence electrons. The van der Waals surface area contributed by atoms with Crippen molar-refractivity contribution in [1.82, 2.24) is 0 Å². The molecule has 0 saturated heterocycles. The summed E-state index contributed by atoms with van der Waals surface area (Å²) in [7, 11) is -2.68. The van der Waals surface area contributed by atoms with Crippen molar-refractivity contribution in [3.63, 3.8) is 0 Å². The van der Waals surface area contributed by atoms with Crippen molar-refractivity contribution in [2.45, 2.75) is 25.5 Å². The van der Waals surface area contributed by atoms with Gasteiger partial charge in [0.1, 0.15) is 0 Å². The second kappa shape index (κ2) is 6.60. The molecule has 1 aromatic rings. The second-order valence-corrected chi connectivity index (χ2v) is 6.56. The molecule has 6 nitrogen and oxygen atoms in total. The number of carbonyl (C=O) groups is 1. The van der Waals surface area contributed by atoms with Crippen molar-refractivity contribution < 1.29 is 17.9 Å². The number of hydrogen-bond acceptors (Lipinski definition) is 5. The number of rotatable bonds is 6. The van der Waals surface area contributed by atoms with Gasteiger partial charge in [0.15, 0.2) is 5.25 Å². The molecule has 0 saturated carbocycles. The Morgan fingerprint density at radius 1 is 1.45 bits per heavy atom. The molecule has 2 N–H and O–H groups in total. The van der Waals surface area contributed by atoms with Gasteiger partial charge in [-0.15, -0.1) is 0 Å². The Morgan fingerprint density at radius 3 is 2.60 bits per heavy atom. The van der Waals surface area contributed by atoms with Crippen LogP contribution in [0.15, 0.2) is 24.3 Å². The first-order valence-electron chi connectivity index (χ1n) is 6.29. The lowest BCUT2D eigenvalue weighted by molar-refractivity contribution is -0.139. The first-order chi connectivity index (χ1) is 9.34. The zero-order valence-corrected chi connectivity index (χ0v) is 12.7. The van der Waals surface area contributed by atoms with E-state index in [0.29, 0.717) is 17.8 Å². The number of carbonyl (C=O) groups excluding carboxylic acids is 1. The van der Waals surface area contributed by atoms with Gasteiger partial charge < -0.3 is 10.5 Å². The van der Waals surface area contributed by atoms with E-state index in [1.807, 2.05) is 6.92 Å². The molecule has 1 aromatic carbocycles. The van der Waals surface area contributed by atoms with Crippen LogP contribution in [0.3, 0.4) is 0 Å². The summed E-state index contributed by atoms with van der Waals surface area (Å²) in [4.78, 5) is 11.5. The number of nitrogen functional groups attached to an aromatic ring is 1. The van der Waals surface area contributed by atoms with Gasteiger partial charge in [-0.3, -0.25) is 9.10 Å². The molecule has 0 spiro atoms. The van der Waals surface area contributed by atoms with Gasteiger partial charge in [0, 0.05) is 12.2 Å². The summed E-state index contributed by atoms with van der Waals surface area (Å²) in [5.74, 6) is -0.782. The van der Waals surface area contributed by atoms with E-state index < -0.39 is 21.2 Å². The number of esters is 1. The van der Waals surface area contributed by atoms with E-state index in [1.165, 1.54) is 18.3 Å². The highest BCUT2D eigenvalue weighted by Gasteiger charge is 2.34. The van der Waals surface area contributed by atoms with Gasteiger partial charge in [-0.2, -0.15) is 0 Å². The molecular weight excluding hydrogens is 280 g/mol. The highest BCUT2D eigenvalue weighted by atomic mass is 32.2. The largest absolute Gasteiger partial charge is 0.468 e. The standard InChI is InChI=1S/C13H20N2O4S/c1-4-8-15(12-7-5-6-11(14)9-12)20(17,18)10(2)13(16)19-3/h5-7,9-10H,4,8,14H2,1-3H3. The number of nitrogens with two attached hydrogens (primary N) is 1. The molecule has 1 unspecified atom stereocenters. The molecule has 1 atom stereocenters. The van der Waals surface area contributed by atoms with Crippen molar-refractivity contribution in [2.24, 2.45) is 0 Å². The molecular formula is C13H20N2O4S. The summed E-state index contributed by atoms with van der Waals surface area (Å²) in [6.07, 6.45) is 0.613. The maximum absolute atomic E-state index is 12.5. The van der Waals surface area contributed by atoms with Gasteiger partial charge >= 0.3 is 5.97 Å². The third-order valence-electron chi connectivity index (χ3n) is 2.87. The number of hydrogen-bond donors (Lipinski definition) is 1. The highest BCUT2D eigenvalue weighted by Crippen LogP contribution is 2.23. The number of anilines is 2. The van der Waals surface area contributed by atoms with Crippen molar-refractivity contribution in [2.75, 3.05) is 23.7 Å². The van der Waals surface area contributed by atoms with Crippen molar-refractivity contribution in [3.8, 4) is 0 Å². The van der Waals surface area contributed by atoms with Gasteiger partial charge in [0.2, 0.25) is 10.0 Å². The quantitative estimate of drug-likeness (QED) is 0.633. The Kier molecular flexibility index (Phi) is 5.38. The highest BCUT2D eigenvalue weighted by molar-refractivity contribution is 7.94. The molecule has 0 amide bonds. The van der Waals surface area contributed by atoms with Crippen LogP contribution in [0, 0.1) is 0 Å². The summed E-state index contributed by atoms with van der Waals surface area (Å²) >= 11 is 0. The van der Waals surface area contributed by atoms with Gasteiger partial charge in [-0.1, -0.05) is 13.0 Å². The fourth-order valence-electron chi connectivity index (χ4n) is 1.76. The third kappa shape index (κ3) is 3.41. The molecule has 0 aliphatic carbocycles. The average Bonchev–Trinajstić information content (AvgIpc) is 2.42. The normalized spacial score (nSPS) is 12.8. The second-order valence-electron chi connectivity index (χ2n) is 4.38. The molecule has 20 heavy (non-hydrogen) atoms. The van der Waals surface area contributed by atoms with Crippen molar-refractivity contribution in [1.29, 1.82) is 0 Å². The third-order valence-corrected chi connectivity index (χ3v) is 4.97. The van der Waals surface area contributed by atoms with Crippen LogP contribution in [-0.2, 0) is 19.6 Å². The van der Waals surface area contributed by atoms with Gasteiger partial charge in [-0.05, 0) is 31.5 Å². The summed E-state index contributed by atoms with van der Waals surface area (Å²) in [5, 5.41) is -1.26. The van der Waals surface area contributed by atoms with E-state index in [-0.39, 0.29) is 6.54 Å². The molecule has 1 rings (SSSR count). The van der Waals surface area contributed by atoms with Crippen LogP contribution in [-0.4, -0.2) is 33.3 Å². The van der Waals surface area contributed by atoms with E-state index in [4.69, 9.17) is 5.73 Å². The fourth-order valence-corrected chi connectivity index (χ4v) is 3.33. The Morgan fingerprint density at radius 2 is 2.10 bits per heavy atom. The fraction of sp³-hybridized carbons (Fsp3) is 0.462. The zero-order chi connectivity index (χ0) is 15.3. The maximum Gasteiger partial charge on any atom is 0.325 e. The minimum absolute atomic E-state index is 0.271. The molecule has 7 heteroatoms. The van der Waals surface area contributed by atoms with Crippen LogP contribution in [0.1, 0.15) is 20.3 Å². The molecule has 0 bridgehead atoms.